The van der Waals surface area contributed by atoms with Crippen molar-refractivity contribution in [2.45, 2.75) is 32.4 Å². The van der Waals surface area contributed by atoms with Gasteiger partial charge in [0, 0.05) is 25.7 Å². The van der Waals surface area contributed by atoms with Gasteiger partial charge in [0.25, 0.3) is 0 Å². The zero-order valence-corrected chi connectivity index (χ0v) is 12.1. The summed E-state index contributed by atoms with van der Waals surface area (Å²) >= 11 is 0. The number of carbonyl (C=O) groups is 1. The van der Waals surface area contributed by atoms with Crippen LogP contribution in [0.1, 0.15) is 25.3 Å². The van der Waals surface area contributed by atoms with Gasteiger partial charge in [-0.15, -0.1) is 0 Å². The maximum absolute atomic E-state index is 13.2. The summed E-state index contributed by atoms with van der Waals surface area (Å²) in [5, 5.41) is 12.5. The predicted octanol–water partition coefficient (Wildman–Crippen LogP) is 2.24. The Morgan fingerprint density at radius 2 is 2.19 bits per heavy atom. The first-order chi connectivity index (χ1) is 10.1. The highest BCUT2D eigenvalue weighted by Gasteiger charge is 2.23. The summed E-state index contributed by atoms with van der Waals surface area (Å²) in [5.74, 6) is -0.937. The largest absolute Gasteiger partial charge is 0.505 e. The first kappa shape index (κ1) is 15.6. The van der Waals surface area contributed by atoms with Gasteiger partial charge >= 0.3 is 6.09 Å². The van der Waals surface area contributed by atoms with Crippen LogP contribution >= 0.6 is 0 Å². The molecule has 0 aliphatic carbocycles. The third kappa shape index (κ3) is 4.32. The molecule has 1 aliphatic heterocycles. The molecule has 6 heteroatoms. The van der Waals surface area contributed by atoms with Crippen molar-refractivity contribution in [3.8, 4) is 5.75 Å². The fourth-order valence-corrected chi connectivity index (χ4v) is 2.40. The monoisotopic (exact) mass is 296 g/mol. The van der Waals surface area contributed by atoms with Gasteiger partial charge in [-0.1, -0.05) is 6.07 Å². The van der Waals surface area contributed by atoms with Crippen LogP contribution in [0.4, 0.5) is 9.18 Å². The topological polar surface area (TPSA) is 61.8 Å². The molecule has 1 aromatic carbocycles. The molecule has 1 saturated heterocycles. The molecule has 0 saturated carbocycles. The van der Waals surface area contributed by atoms with Gasteiger partial charge in [0.05, 0.1) is 6.61 Å². The molecule has 1 amide bonds. The molecule has 1 heterocycles. The summed E-state index contributed by atoms with van der Waals surface area (Å²) in [4.78, 5) is 13.3. The van der Waals surface area contributed by atoms with Crippen molar-refractivity contribution in [1.29, 1.82) is 0 Å². The highest BCUT2D eigenvalue weighted by Crippen LogP contribution is 2.17. The lowest BCUT2D eigenvalue weighted by Gasteiger charge is -2.31. The number of halogens is 1. The maximum atomic E-state index is 13.2. The van der Waals surface area contributed by atoms with Gasteiger partial charge in [0.15, 0.2) is 11.6 Å². The molecule has 2 N–H and O–H groups in total. The minimum Gasteiger partial charge on any atom is -0.505 e. The van der Waals surface area contributed by atoms with E-state index in [0.29, 0.717) is 32.3 Å². The van der Waals surface area contributed by atoms with Crippen LogP contribution in [0.3, 0.4) is 0 Å². The number of piperidine rings is 1. The predicted molar refractivity (Wildman–Crippen MR) is 76.5 cm³/mol. The van der Waals surface area contributed by atoms with Crippen LogP contribution in [-0.2, 0) is 11.3 Å². The van der Waals surface area contributed by atoms with E-state index in [9.17, 15) is 9.18 Å². The van der Waals surface area contributed by atoms with Gasteiger partial charge < -0.3 is 20.1 Å². The Bertz CT molecular complexity index is 488. The summed E-state index contributed by atoms with van der Waals surface area (Å²) in [6, 6.07) is 4.68. The maximum Gasteiger partial charge on any atom is 0.409 e. The Morgan fingerprint density at radius 1 is 1.48 bits per heavy atom. The summed E-state index contributed by atoms with van der Waals surface area (Å²) < 4.78 is 18.2. The minimum absolute atomic E-state index is 0.253. The van der Waals surface area contributed by atoms with Crippen LogP contribution in [0.15, 0.2) is 18.2 Å². The zero-order chi connectivity index (χ0) is 15.2. The minimum atomic E-state index is -0.605. The van der Waals surface area contributed by atoms with E-state index in [4.69, 9.17) is 9.84 Å². The number of nitrogens with one attached hydrogen (secondary N) is 1. The van der Waals surface area contributed by atoms with Gasteiger partial charge in [-0.25, -0.2) is 9.18 Å². The van der Waals surface area contributed by atoms with Crippen molar-refractivity contribution in [1.82, 2.24) is 10.2 Å². The first-order valence-corrected chi connectivity index (χ1v) is 7.22. The molecule has 0 bridgehead atoms. The number of aromatic hydroxyl groups is 1. The molecule has 1 aliphatic rings. The van der Waals surface area contributed by atoms with E-state index in [-0.39, 0.29) is 11.8 Å². The van der Waals surface area contributed by atoms with E-state index in [1.54, 1.807) is 17.9 Å². The van der Waals surface area contributed by atoms with Crippen LogP contribution in [0, 0.1) is 5.82 Å². The summed E-state index contributed by atoms with van der Waals surface area (Å²) in [7, 11) is 0. The Labute approximate surface area is 123 Å². The number of ether oxygens (including phenoxy) is 1. The average molecular weight is 296 g/mol. The smallest absolute Gasteiger partial charge is 0.409 e. The van der Waals surface area contributed by atoms with Crippen molar-refractivity contribution in [2.75, 3.05) is 19.7 Å². The molecule has 0 radical (unpaired) electrons. The summed E-state index contributed by atoms with van der Waals surface area (Å²) in [5.41, 5.74) is 0.790. The Kier molecular flexibility index (Phi) is 5.38. The number of likely N-dealkylation sites (tertiary alicyclic amines) is 1. The molecule has 5 nitrogen and oxygen atoms in total. The summed E-state index contributed by atoms with van der Waals surface area (Å²) in [6.07, 6.45) is 1.44. The van der Waals surface area contributed by atoms with Crippen LogP contribution in [0.5, 0.6) is 5.75 Å². The van der Waals surface area contributed by atoms with E-state index in [0.717, 1.165) is 18.4 Å². The molecule has 0 unspecified atom stereocenters. The fourth-order valence-electron chi connectivity index (χ4n) is 2.40. The molecule has 0 aromatic heterocycles. The average Bonchev–Trinajstić information content (AvgIpc) is 2.49. The Morgan fingerprint density at radius 3 is 2.81 bits per heavy atom. The van der Waals surface area contributed by atoms with Gasteiger partial charge in [-0.05, 0) is 37.5 Å². The molecule has 2 rings (SSSR count). The van der Waals surface area contributed by atoms with Crippen molar-refractivity contribution in [2.24, 2.45) is 0 Å². The van der Waals surface area contributed by atoms with Crippen molar-refractivity contribution < 1.29 is 19.0 Å². The van der Waals surface area contributed by atoms with E-state index in [1.807, 2.05) is 0 Å². The number of rotatable bonds is 4. The highest BCUT2D eigenvalue weighted by atomic mass is 19.1. The molecular formula is C15H21FN2O3. The van der Waals surface area contributed by atoms with E-state index >= 15 is 0 Å². The number of phenolic OH excluding ortho intramolecular Hbond substituents is 1. The van der Waals surface area contributed by atoms with Gasteiger partial charge in [-0.3, -0.25) is 0 Å². The molecule has 116 valence electrons. The molecule has 0 atom stereocenters. The number of hydrogen-bond acceptors (Lipinski definition) is 4. The summed E-state index contributed by atoms with van der Waals surface area (Å²) in [6.45, 7) is 4.06. The highest BCUT2D eigenvalue weighted by molar-refractivity contribution is 5.67. The van der Waals surface area contributed by atoms with Crippen LogP contribution in [-0.4, -0.2) is 41.8 Å². The van der Waals surface area contributed by atoms with Crippen LogP contribution in [0.2, 0.25) is 0 Å². The van der Waals surface area contributed by atoms with E-state index in [2.05, 4.69) is 5.32 Å². The normalized spacial score (nSPS) is 16.0. The van der Waals surface area contributed by atoms with Crippen LogP contribution < -0.4 is 5.32 Å². The Balaban J connectivity index is 1.76. The second kappa shape index (κ2) is 7.26. The zero-order valence-electron chi connectivity index (χ0n) is 12.1. The second-order valence-corrected chi connectivity index (χ2v) is 5.13. The SMILES string of the molecule is CCOC(=O)N1CCC(NCc2ccc(O)c(F)c2)CC1. The lowest BCUT2D eigenvalue weighted by Crippen LogP contribution is -2.44. The quantitative estimate of drug-likeness (QED) is 0.894. The van der Waals surface area contributed by atoms with Gasteiger partial charge in [-0.2, -0.15) is 0 Å². The number of phenols is 1. The standard InChI is InChI=1S/C15H21FN2O3/c1-2-21-15(20)18-7-5-12(6-8-18)17-10-11-3-4-14(19)13(16)9-11/h3-4,9,12,17,19H,2,5-8,10H2,1H3. The lowest BCUT2D eigenvalue weighted by atomic mass is 10.0. The molecular weight excluding hydrogens is 275 g/mol. The van der Waals surface area contributed by atoms with Crippen LogP contribution in [0.25, 0.3) is 0 Å². The molecule has 1 fully saturated rings. The number of hydrogen-bond donors (Lipinski definition) is 2. The first-order valence-electron chi connectivity index (χ1n) is 7.22. The third-order valence-corrected chi connectivity index (χ3v) is 3.63. The number of amides is 1. The van der Waals surface area contributed by atoms with Gasteiger partial charge in [0.1, 0.15) is 0 Å². The lowest BCUT2D eigenvalue weighted by molar-refractivity contribution is 0.0950. The second-order valence-electron chi connectivity index (χ2n) is 5.13. The van der Waals surface area contributed by atoms with Crippen molar-refractivity contribution in [3.05, 3.63) is 29.6 Å². The van der Waals surface area contributed by atoms with E-state index < -0.39 is 5.82 Å². The van der Waals surface area contributed by atoms with Crippen molar-refractivity contribution in [3.63, 3.8) is 0 Å². The molecule has 1 aromatic rings. The number of benzene rings is 1. The third-order valence-electron chi connectivity index (χ3n) is 3.63. The molecule has 0 spiro atoms. The van der Waals surface area contributed by atoms with E-state index in [1.165, 1.54) is 12.1 Å². The number of nitrogens with zero attached hydrogens (tertiary/aromatic N) is 1. The number of carbonyl (C=O) groups excluding carboxylic acids is 1. The molecule has 21 heavy (non-hydrogen) atoms. The fraction of sp³-hybridized carbons (Fsp3) is 0.533. The Hall–Kier alpha value is -1.82. The van der Waals surface area contributed by atoms with Gasteiger partial charge in [0.2, 0.25) is 0 Å². The van der Waals surface area contributed by atoms with Crippen molar-refractivity contribution >= 4 is 6.09 Å².